The van der Waals surface area contributed by atoms with E-state index in [1.807, 2.05) is 18.2 Å². The van der Waals surface area contributed by atoms with E-state index in [9.17, 15) is 13.2 Å². The molecule has 0 saturated carbocycles. The zero-order valence-corrected chi connectivity index (χ0v) is 13.6. The van der Waals surface area contributed by atoms with Gasteiger partial charge in [0.15, 0.2) is 0 Å². The molecule has 120 valence electrons. The summed E-state index contributed by atoms with van der Waals surface area (Å²) in [7, 11) is -3.96. The molecule has 23 heavy (non-hydrogen) atoms. The fourth-order valence-electron chi connectivity index (χ4n) is 2.57. The van der Waals surface area contributed by atoms with Crippen LogP contribution in [0.4, 0.5) is 0 Å². The van der Waals surface area contributed by atoms with Crippen molar-refractivity contribution in [1.29, 1.82) is 0 Å². The van der Waals surface area contributed by atoms with Gasteiger partial charge in [0.1, 0.15) is 4.90 Å². The number of nitrogens with two attached hydrogens (primary N) is 1. The Kier molecular flexibility index (Phi) is 4.09. The maximum atomic E-state index is 12.4. The molecule has 0 atom stereocenters. The molecule has 1 aliphatic rings. The molecule has 0 saturated heterocycles. The molecule has 1 aromatic heterocycles. The molecule has 3 rings (SSSR count). The van der Waals surface area contributed by atoms with Gasteiger partial charge >= 0.3 is 0 Å². The van der Waals surface area contributed by atoms with E-state index in [4.69, 9.17) is 16.7 Å². The Hall–Kier alpha value is -1.96. The van der Waals surface area contributed by atoms with Gasteiger partial charge in [-0.25, -0.2) is 13.6 Å². The number of hydrogen-bond acceptors (Lipinski definition) is 4. The normalized spacial score (nSPS) is 14.2. The van der Waals surface area contributed by atoms with Gasteiger partial charge in [0, 0.05) is 37.0 Å². The smallest absolute Gasteiger partial charge is 0.254 e. The number of rotatable bonds is 4. The van der Waals surface area contributed by atoms with Crippen molar-refractivity contribution in [1.82, 2.24) is 9.88 Å². The summed E-state index contributed by atoms with van der Waals surface area (Å²) in [6, 6.07) is 8.37. The van der Waals surface area contributed by atoms with Crippen molar-refractivity contribution in [2.45, 2.75) is 17.9 Å². The predicted molar refractivity (Wildman–Crippen MR) is 85.5 cm³/mol. The first-order chi connectivity index (χ1) is 10.9. The van der Waals surface area contributed by atoms with Crippen LogP contribution in [0.3, 0.4) is 0 Å². The Morgan fingerprint density at radius 2 is 2.09 bits per heavy atom. The van der Waals surface area contributed by atoms with Crippen molar-refractivity contribution in [3.8, 4) is 0 Å². The molecule has 8 heteroatoms. The number of aromatic nitrogens is 1. The van der Waals surface area contributed by atoms with E-state index in [1.165, 1.54) is 12.1 Å². The highest BCUT2D eigenvalue weighted by atomic mass is 35.5. The molecule has 2 aromatic rings. The highest BCUT2D eigenvalue weighted by Gasteiger charge is 2.30. The van der Waals surface area contributed by atoms with Gasteiger partial charge in [0.05, 0.1) is 5.02 Å². The summed E-state index contributed by atoms with van der Waals surface area (Å²) in [5.74, 6) is -0.225. The second-order valence-corrected chi connectivity index (χ2v) is 7.22. The van der Waals surface area contributed by atoms with E-state index >= 15 is 0 Å². The molecule has 0 spiro atoms. The molecule has 1 aliphatic heterocycles. The van der Waals surface area contributed by atoms with Gasteiger partial charge in [-0.1, -0.05) is 17.7 Å². The van der Waals surface area contributed by atoms with Gasteiger partial charge in [-0.15, -0.1) is 0 Å². The number of primary sulfonamides is 1. The second kappa shape index (κ2) is 5.92. The molecule has 0 radical (unpaired) electrons. The van der Waals surface area contributed by atoms with Crippen molar-refractivity contribution >= 4 is 27.5 Å². The summed E-state index contributed by atoms with van der Waals surface area (Å²) >= 11 is 5.96. The lowest BCUT2D eigenvalue weighted by molar-refractivity contribution is 0.0780. The second-order valence-electron chi connectivity index (χ2n) is 5.28. The van der Waals surface area contributed by atoms with E-state index in [0.29, 0.717) is 30.6 Å². The number of carbonyl (C=O) groups excluding carboxylic acids is 1. The first-order valence-corrected chi connectivity index (χ1v) is 8.83. The third kappa shape index (κ3) is 3.21. The summed E-state index contributed by atoms with van der Waals surface area (Å²) in [4.78, 5) is 18.1. The van der Waals surface area contributed by atoms with E-state index in [0.717, 1.165) is 5.69 Å². The average Bonchev–Trinajstić information content (AvgIpc) is 2.80. The van der Waals surface area contributed by atoms with Crippen LogP contribution in [0, 0.1) is 0 Å². The largest absolute Gasteiger partial charge is 0.334 e. The zero-order chi connectivity index (χ0) is 16.6. The zero-order valence-electron chi connectivity index (χ0n) is 12.1. The molecule has 0 fully saturated rings. The fourth-order valence-corrected chi connectivity index (χ4v) is 3.69. The molecule has 1 amide bonds. The Balaban J connectivity index is 1.82. The van der Waals surface area contributed by atoms with Crippen molar-refractivity contribution in [3.05, 3.63) is 58.4 Å². The first-order valence-electron chi connectivity index (χ1n) is 6.90. The number of hydrogen-bond donors (Lipinski definition) is 1. The topological polar surface area (TPSA) is 93.4 Å². The number of benzene rings is 1. The minimum atomic E-state index is -3.96. The standard InChI is InChI=1S/C15H14ClN3O3S/c16-13-7-10-9-19(6-4-11-3-1-2-5-18-11)15(20)12(10)8-14(13)23(17,21)22/h1-3,5,7-8H,4,6,9H2,(H2,17,21,22). The van der Waals surface area contributed by atoms with Gasteiger partial charge in [-0.2, -0.15) is 0 Å². The first kappa shape index (κ1) is 15.9. The monoisotopic (exact) mass is 351 g/mol. The number of sulfonamides is 1. The maximum Gasteiger partial charge on any atom is 0.254 e. The minimum absolute atomic E-state index is 0.0330. The lowest BCUT2D eigenvalue weighted by atomic mass is 10.1. The van der Waals surface area contributed by atoms with Crippen LogP contribution in [-0.2, 0) is 23.0 Å². The minimum Gasteiger partial charge on any atom is -0.334 e. The summed E-state index contributed by atoms with van der Waals surface area (Å²) in [6.07, 6.45) is 2.32. The lowest BCUT2D eigenvalue weighted by Crippen LogP contribution is -2.26. The highest BCUT2D eigenvalue weighted by Crippen LogP contribution is 2.30. The average molecular weight is 352 g/mol. The van der Waals surface area contributed by atoms with E-state index < -0.39 is 10.0 Å². The van der Waals surface area contributed by atoms with Crippen molar-refractivity contribution in [3.63, 3.8) is 0 Å². The third-order valence-corrected chi connectivity index (χ3v) is 5.08. The van der Waals surface area contributed by atoms with Crippen molar-refractivity contribution < 1.29 is 13.2 Å². The number of pyridine rings is 1. The molecule has 2 N–H and O–H groups in total. The van der Waals surface area contributed by atoms with Crippen molar-refractivity contribution in [2.75, 3.05) is 6.54 Å². The highest BCUT2D eigenvalue weighted by molar-refractivity contribution is 7.89. The summed E-state index contributed by atoms with van der Waals surface area (Å²) in [5, 5.41) is 5.15. The van der Waals surface area contributed by atoms with Crippen LogP contribution in [0.15, 0.2) is 41.4 Å². The van der Waals surface area contributed by atoms with Crippen LogP contribution in [0.25, 0.3) is 0 Å². The van der Waals surface area contributed by atoms with Gasteiger partial charge in [0.25, 0.3) is 5.91 Å². The summed E-state index contributed by atoms with van der Waals surface area (Å²) < 4.78 is 23.0. The van der Waals surface area contributed by atoms with E-state index in [-0.39, 0.29) is 15.8 Å². The number of halogens is 1. The third-order valence-electron chi connectivity index (χ3n) is 3.71. The number of carbonyl (C=O) groups is 1. The van der Waals surface area contributed by atoms with Crippen LogP contribution in [-0.4, -0.2) is 30.8 Å². The van der Waals surface area contributed by atoms with E-state index in [1.54, 1.807) is 11.1 Å². The Morgan fingerprint density at radius 1 is 1.30 bits per heavy atom. The number of fused-ring (bicyclic) bond motifs is 1. The molecule has 2 heterocycles. The molecule has 0 bridgehead atoms. The van der Waals surface area contributed by atoms with Crippen LogP contribution in [0.1, 0.15) is 21.6 Å². The molecule has 1 aromatic carbocycles. The van der Waals surface area contributed by atoms with E-state index in [2.05, 4.69) is 4.98 Å². The van der Waals surface area contributed by atoms with Gasteiger partial charge < -0.3 is 4.90 Å². The van der Waals surface area contributed by atoms with Crippen LogP contribution in [0.2, 0.25) is 5.02 Å². The maximum absolute atomic E-state index is 12.4. The molecule has 6 nitrogen and oxygen atoms in total. The number of nitrogens with zero attached hydrogens (tertiary/aromatic N) is 2. The predicted octanol–water partition coefficient (Wildman–Crippen LogP) is 1.58. The molecule has 0 unspecified atom stereocenters. The Morgan fingerprint density at radius 3 is 2.74 bits per heavy atom. The summed E-state index contributed by atoms with van der Waals surface area (Å²) in [5.41, 5.74) is 1.92. The Bertz CT molecular complexity index is 869. The summed E-state index contributed by atoms with van der Waals surface area (Å²) in [6.45, 7) is 0.887. The number of amides is 1. The van der Waals surface area contributed by atoms with Gasteiger partial charge in [0.2, 0.25) is 10.0 Å². The van der Waals surface area contributed by atoms with Crippen LogP contribution < -0.4 is 5.14 Å². The molecular weight excluding hydrogens is 338 g/mol. The quantitative estimate of drug-likeness (QED) is 0.904. The lowest BCUT2D eigenvalue weighted by Gasteiger charge is -2.14. The Labute approximate surface area is 138 Å². The SMILES string of the molecule is NS(=O)(=O)c1cc2c(cc1Cl)CN(CCc1ccccn1)C2=O. The van der Waals surface area contributed by atoms with Crippen LogP contribution in [0.5, 0.6) is 0 Å². The van der Waals surface area contributed by atoms with Crippen molar-refractivity contribution in [2.24, 2.45) is 5.14 Å². The fraction of sp³-hybridized carbons (Fsp3) is 0.200. The van der Waals surface area contributed by atoms with Crippen LogP contribution >= 0.6 is 11.6 Å². The van der Waals surface area contributed by atoms with Gasteiger partial charge in [-0.05, 0) is 29.8 Å². The molecule has 0 aliphatic carbocycles. The van der Waals surface area contributed by atoms with Gasteiger partial charge in [-0.3, -0.25) is 9.78 Å². The molecular formula is C15H14ClN3O3S.